The van der Waals surface area contributed by atoms with Gasteiger partial charge in [-0.1, -0.05) is 6.58 Å². The molecule has 0 aromatic carbocycles. The number of carbonyl (C=O) groups is 1. The summed E-state index contributed by atoms with van der Waals surface area (Å²) >= 11 is 0. The van der Waals surface area contributed by atoms with Gasteiger partial charge in [0.25, 0.3) is 0 Å². The monoisotopic (exact) mass is 267 g/mol. The van der Waals surface area contributed by atoms with Crippen LogP contribution >= 0.6 is 0 Å². The zero-order chi connectivity index (χ0) is 14.3. The van der Waals surface area contributed by atoms with Crippen molar-refractivity contribution in [2.45, 2.75) is 32.6 Å². The molecule has 0 radical (unpaired) electrons. The van der Waals surface area contributed by atoms with Gasteiger partial charge in [0.1, 0.15) is 5.70 Å². The first kappa shape index (κ1) is 14.9. The molecule has 0 fully saturated rings. The second-order valence-corrected chi connectivity index (χ2v) is 3.98. The predicted octanol–water partition coefficient (Wildman–Crippen LogP) is 0.111. The fraction of sp³-hybridized carbons (Fsp3) is 0.500. The topological polar surface area (TPSA) is 104 Å². The molecule has 2 N–H and O–H groups in total. The lowest BCUT2D eigenvalue weighted by Crippen LogP contribution is -2.25. The van der Waals surface area contributed by atoms with Crippen LogP contribution in [0.2, 0.25) is 0 Å². The van der Waals surface area contributed by atoms with E-state index in [1.165, 1.54) is 0 Å². The number of rotatable bonds is 7. The number of nitrogens with zero attached hydrogens (tertiary/aromatic N) is 1. The van der Waals surface area contributed by atoms with E-state index in [-0.39, 0.29) is 11.7 Å². The second kappa shape index (κ2) is 7.30. The maximum atomic E-state index is 11.1. The summed E-state index contributed by atoms with van der Waals surface area (Å²) in [4.78, 5) is 37.8. The molecule has 19 heavy (non-hydrogen) atoms. The molecule has 0 spiro atoms. The van der Waals surface area contributed by atoms with Gasteiger partial charge < -0.3 is 14.7 Å². The van der Waals surface area contributed by atoms with E-state index in [0.717, 1.165) is 0 Å². The number of aromatic nitrogens is 2. The van der Waals surface area contributed by atoms with Crippen molar-refractivity contribution in [1.82, 2.24) is 9.97 Å². The summed E-state index contributed by atoms with van der Waals surface area (Å²) in [5.74, 6) is -0.254. The molecule has 0 saturated heterocycles. The average Bonchev–Trinajstić information content (AvgIpc) is 2.69. The Labute approximate surface area is 109 Å². The van der Waals surface area contributed by atoms with Crippen molar-refractivity contribution in [3.63, 3.8) is 0 Å². The summed E-state index contributed by atoms with van der Waals surface area (Å²) < 4.78 is 4.79. The summed E-state index contributed by atoms with van der Waals surface area (Å²) in [7, 11) is 0. The lowest BCUT2D eigenvalue weighted by atomic mass is 10.1. The number of aromatic amines is 2. The number of ether oxygens (including phenoxy) is 1. The van der Waals surface area contributed by atoms with E-state index in [9.17, 15) is 14.5 Å². The van der Waals surface area contributed by atoms with Crippen molar-refractivity contribution < 1.29 is 9.53 Å². The number of unbranched alkanes of at least 4 members (excludes halogenated alkanes) is 1. The third-order valence-electron chi connectivity index (χ3n) is 2.55. The number of nitroso groups, excluding NO2 is 1. The molecule has 0 aliphatic rings. The molecule has 7 nitrogen and oxygen atoms in total. The van der Waals surface area contributed by atoms with Crippen molar-refractivity contribution in [1.29, 1.82) is 0 Å². The van der Waals surface area contributed by atoms with Crippen LogP contribution in [0.3, 0.4) is 0 Å². The van der Waals surface area contributed by atoms with Crippen molar-refractivity contribution in [2.75, 3.05) is 6.61 Å². The van der Waals surface area contributed by atoms with Gasteiger partial charge in [-0.05, 0) is 31.4 Å². The molecule has 0 amide bonds. The molecule has 104 valence electrons. The predicted molar refractivity (Wildman–Crippen MR) is 70.5 cm³/mol. The van der Waals surface area contributed by atoms with Crippen LogP contribution in [0, 0.1) is 4.91 Å². The summed E-state index contributed by atoms with van der Waals surface area (Å²) in [6, 6.07) is 0. The maximum absolute atomic E-state index is 11.1. The highest BCUT2D eigenvalue weighted by atomic mass is 16.5. The highest BCUT2D eigenvalue weighted by molar-refractivity contribution is 5.69. The molecule has 1 aromatic rings. The van der Waals surface area contributed by atoms with E-state index in [4.69, 9.17) is 4.74 Å². The van der Waals surface area contributed by atoms with Gasteiger partial charge in [-0.2, -0.15) is 0 Å². The molecular weight excluding hydrogens is 250 g/mol. The summed E-state index contributed by atoms with van der Waals surface area (Å²) in [5, 5.41) is 3.57. The molecule has 0 aliphatic carbocycles. The summed E-state index contributed by atoms with van der Waals surface area (Å²) in [5.41, 5.74) is -0.195. The van der Waals surface area contributed by atoms with Crippen molar-refractivity contribution in [3.8, 4) is 0 Å². The second-order valence-electron chi connectivity index (χ2n) is 3.98. The van der Waals surface area contributed by atoms with Crippen molar-refractivity contribution in [2.24, 2.45) is 5.18 Å². The van der Waals surface area contributed by atoms with E-state index in [2.05, 4.69) is 21.7 Å². The van der Waals surface area contributed by atoms with E-state index in [1.807, 2.05) is 0 Å². The lowest BCUT2D eigenvalue weighted by molar-refractivity contribution is -0.143. The van der Waals surface area contributed by atoms with Gasteiger partial charge in [-0.3, -0.25) is 4.79 Å². The van der Waals surface area contributed by atoms with Crippen LogP contribution in [0.4, 0.5) is 0 Å². The Morgan fingerprint density at radius 3 is 2.53 bits per heavy atom. The molecule has 0 bridgehead atoms. The minimum absolute atomic E-state index is 0.229. The Morgan fingerprint density at radius 1 is 1.32 bits per heavy atom. The highest BCUT2D eigenvalue weighted by Gasteiger charge is 2.05. The molecule has 0 unspecified atom stereocenters. The minimum Gasteiger partial charge on any atom is -0.466 e. The molecule has 1 rings (SSSR count). The van der Waals surface area contributed by atoms with Crippen LogP contribution in [0.1, 0.15) is 32.6 Å². The van der Waals surface area contributed by atoms with Crippen LogP contribution < -0.4 is 16.4 Å². The number of hydrogen-bond donors (Lipinski definition) is 2. The van der Waals surface area contributed by atoms with E-state index >= 15 is 0 Å². The summed E-state index contributed by atoms with van der Waals surface area (Å²) in [6.45, 7) is 5.72. The zero-order valence-corrected chi connectivity index (χ0v) is 10.8. The number of imidazole rings is 1. The van der Waals surface area contributed by atoms with Gasteiger partial charge in [-0.15, -0.1) is 4.91 Å². The van der Waals surface area contributed by atoms with Crippen molar-refractivity contribution in [3.05, 3.63) is 26.1 Å². The third kappa shape index (κ3) is 4.53. The van der Waals surface area contributed by atoms with Crippen LogP contribution in [0.15, 0.2) is 9.97 Å². The first-order valence-electron chi connectivity index (χ1n) is 6.07. The van der Waals surface area contributed by atoms with E-state index in [0.29, 0.717) is 43.0 Å². The maximum Gasteiger partial charge on any atom is 0.323 e. The SMILES string of the molecule is C=c1[nH]c(=O)[nH]/c1=C(\CCCCC(=O)OCC)N=O. The standard InChI is InChI=1S/C12H17N3O4/c1-3-19-10(16)7-5-4-6-9(15-18)11-8(2)13-12(17)14-11/h2-7H2,1H3,(H2,13,14,17)/b11-9+. The summed E-state index contributed by atoms with van der Waals surface area (Å²) in [6.07, 6.45) is 1.88. The molecule has 1 heterocycles. The van der Waals surface area contributed by atoms with Gasteiger partial charge in [-0.25, -0.2) is 4.79 Å². The Hall–Kier alpha value is -2.18. The van der Waals surface area contributed by atoms with Gasteiger partial charge >= 0.3 is 11.7 Å². The Kier molecular flexibility index (Phi) is 5.72. The van der Waals surface area contributed by atoms with E-state index < -0.39 is 5.69 Å². The number of esters is 1. The Balaban J connectivity index is 2.60. The fourth-order valence-corrected chi connectivity index (χ4v) is 1.68. The number of carbonyl (C=O) groups excluding carboxylic acids is 1. The molecule has 0 saturated carbocycles. The number of H-pyrrole nitrogens is 2. The largest absolute Gasteiger partial charge is 0.466 e. The number of hydrogen-bond acceptors (Lipinski definition) is 5. The average molecular weight is 267 g/mol. The quantitative estimate of drug-likeness (QED) is 0.415. The van der Waals surface area contributed by atoms with Crippen LogP contribution in [0.5, 0.6) is 0 Å². The lowest BCUT2D eigenvalue weighted by Gasteiger charge is -2.01. The highest BCUT2D eigenvalue weighted by Crippen LogP contribution is 2.09. The van der Waals surface area contributed by atoms with Crippen LogP contribution in [-0.2, 0) is 9.53 Å². The number of nitrogens with one attached hydrogen (secondary N) is 2. The Morgan fingerprint density at radius 2 is 2.00 bits per heavy atom. The smallest absolute Gasteiger partial charge is 0.323 e. The normalized spacial score (nSPS) is 12.1. The first-order chi connectivity index (χ1) is 9.08. The third-order valence-corrected chi connectivity index (χ3v) is 2.55. The zero-order valence-electron chi connectivity index (χ0n) is 10.8. The van der Waals surface area contributed by atoms with E-state index in [1.54, 1.807) is 6.92 Å². The fourth-order valence-electron chi connectivity index (χ4n) is 1.68. The van der Waals surface area contributed by atoms with Crippen molar-refractivity contribution >= 4 is 18.2 Å². The molecular formula is C12H17N3O4. The molecule has 0 aliphatic heterocycles. The Bertz CT molecular complexity index is 599. The molecule has 1 aromatic heterocycles. The first-order valence-corrected chi connectivity index (χ1v) is 6.07. The van der Waals surface area contributed by atoms with Gasteiger partial charge in [0.2, 0.25) is 0 Å². The van der Waals surface area contributed by atoms with Gasteiger partial charge in [0.15, 0.2) is 0 Å². The minimum atomic E-state index is -0.423. The van der Waals surface area contributed by atoms with Crippen LogP contribution in [-0.4, -0.2) is 22.5 Å². The molecule has 7 heteroatoms. The van der Waals surface area contributed by atoms with Gasteiger partial charge in [0.05, 0.1) is 17.3 Å². The van der Waals surface area contributed by atoms with Crippen LogP contribution in [0.25, 0.3) is 12.3 Å². The van der Waals surface area contributed by atoms with Gasteiger partial charge in [0, 0.05) is 6.42 Å². The molecule has 0 atom stereocenters.